The maximum Gasteiger partial charge on any atom is 0.472 e. The Morgan fingerprint density at radius 2 is 0.743 bits per heavy atom. The first-order valence-corrected chi connectivity index (χ1v) is 30.4. The predicted octanol–water partition coefficient (Wildman–Crippen LogP) is 16.8. The molecule has 0 saturated carbocycles. The zero-order chi connectivity index (χ0) is 51.3. The number of ether oxygens (including phenoxy) is 3. The molecule has 0 aromatic rings. The van der Waals surface area contributed by atoms with Crippen LogP contribution < -0.4 is 0 Å². The van der Waals surface area contributed by atoms with E-state index in [1.165, 1.54) is 141 Å². The number of rotatable bonds is 54. The Bertz CT molecular complexity index is 1320. The van der Waals surface area contributed by atoms with Crippen molar-refractivity contribution in [1.82, 2.24) is 0 Å². The molecule has 11 nitrogen and oxygen atoms in total. The van der Waals surface area contributed by atoms with E-state index >= 15 is 0 Å². The highest BCUT2D eigenvalue weighted by molar-refractivity contribution is 7.47. The fourth-order valence-corrected chi connectivity index (χ4v) is 8.98. The molecule has 12 heteroatoms. The molecule has 0 rings (SSSR count). The normalized spacial score (nSPS) is 13.6. The largest absolute Gasteiger partial charge is 0.472 e. The number of hydrogen-bond donors (Lipinski definition) is 2. The van der Waals surface area contributed by atoms with Gasteiger partial charge in [-0.25, -0.2) is 4.57 Å². The van der Waals surface area contributed by atoms with E-state index in [4.69, 9.17) is 23.3 Å². The molecule has 0 amide bonds. The standard InChI is InChI=1S/C58H107O11P/c1-4-7-10-13-16-19-22-25-26-27-28-31-34-37-40-43-46-49-58(62)69-55(51-65-56(60)47-44-41-38-35-32-29-23-20-17-14-11-8-5-2)53-67-70(63,64)66-52-54(50-59)68-57(61)48-45-42-39-36-33-30-24-21-18-15-12-9-6-3/h9,12,18,21,30,33,54-55,59H,4-8,10-11,13-17,19-20,22-29,31-32,34-53H2,1-3H3,(H,63,64)/b12-9-,21-18-,33-30-. The average molecular weight is 1010 g/mol. The Morgan fingerprint density at radius 1 is 0.414 bits per heavy atom. The minimum Gasteiger partial charge on any atom is -0.462 e. The van der Waals surface area contributed by atoms with E-state index in [-0.39, 0.29) is 25.9 Å². The number of aliphatic hydroxyl groups is 1. The molecular weight excluding hydrogens is 904 g/mol. The SMILES string of the molecule is CC/C=C\C/C=C\C/C=C\CCCCCC(=O)OC(CO)COP(=O)(O)OCC(COC(=O)CCCCCCCCCCCCCCC)OC(=O)CCCCCCCCCCCCCCCCCCC. The molecule has 0 aromatic carbocycles. The van der Waals surface area contributed by atoms with Gasteiger partial charge in [0.1, 0.15) is 12.7 Å². The number of phosphoric ester groups is 1. The smallest absolute Gasteiger partial charge is 0.462 e. The molecule has 0 heterocycles. The van der Waals surface area contributed by atoms with Crippen LogP contribution in [0.4, 0.5) is 0 Å². The van der Waals surface area contributed by atoms with Crippen LogP contribution in [0.2, 0.25) is 0 Å². The van der Waals surface area contributed by atoms with E-state index < -0.39 is 57.8 Å². The van der Waals surface area contributed by atoms with Crippen molar-refractivity contribution >= 4 is 25.7 Å². The fraction of sp³-hybridized carbons (Fsp3) is 0.845. The fourth-order valence-electron chi connectivity index (χ4n) is 8.20. The van der Waals surface area contributed by atoms with E-state index in [1.807, 2.05) is 0 Å². The van der Waals surface area contributed by atoms with Crippen LogP contribution in [-0.4, -0.2) is 66.5 Å². The van der Waals surface area contributed by atoms with Gasteiger partial charge in [-0.1, -0.05) is 243 Å². The first kappa shape index (κ1) is 67.7. The van der Waals surface area contributed by atoms with Crippen LogP contribution in [0, 0.1) is 0 Å². The number of hydrogen-bond acceptors (Lipinski definition) is 10. The lowest BCUT2D eigenvalue weighted by atomic mass is 10.0. The van der Waals surface area contributed by atoms with Gasteiger partial charge in [0.15, 0.2) is 6.10 Å². The van der Waals surface area contributed by atoms with Crippen molar-refractivity contribution < 1.29 is 52.2 Å². The summed E-state index contributed by atoms with van der Waals surface area (Å²) in [5.74, 6) is -1.47. The van der Waals surface area contributed by atoms with Crippen molar-refractivity contribution in [2.24, 2.45) is 0 Å². The molecule has 3 atom stereocenters. The molecule has 70 heavy (non-hydrogen) atoms. The molecule has 0 aliphatic carbocycles. The molecule has 2 N–H and O–H groups in total. The quantitative estimate of drug-likeness (QED) is 0.0197. The third kappa shape index (κ3) is 50.6. The topological polar surface area (TPSA) is 155 Å². The van der Waals surface area contributed by atoms with Gasteiger partial charge in [0, 0.05) is 19.3 Å². The molecule has 0 aromatic heterocycles. The van der Waals surface area contributed by atoms with Gasteiger partial charge in [0.05, 0.1) is 19.8 Å². The van der Waals surface area contributed by atoms with Crippen molar-refractivity contribution in [3.63, 3.8) is 0 Å². The van der Waals surface area contributed by atoms with Crippen molar-refractivity contribution in [2.45, 2.75) is 290 Å². The number of esters is 3. The molecule has 0 fully saturated rings. The van der Waals surface area contributed by atoms with Crippen LogP contribution in [-0.2, 0) is 42.2 Å². The highest BCUT2D eigenvalue weighted by atomic mass is 31.2. The minimum atomic E-state index is -4.75. The molecule has 0 bridgehead atoms. The van der Waals surface area contributed by atoms with Gasteiger partial charge >= 0.3 is 25.7 Å². The van der Waals surface area contributed by atoms with Crippen molar-refractivity contribution in [2.75, 3.05) is 26.4 Å². The molecular formula is C58H107O11P. The van der Waals surface area contributed by atoms with Crippen molar-refractivity contribution in [3.8, 4) is 0 Å². The molecule has 0 spiro atoms. The van der Waals surface area contributed by atoms with Crippen LogP contribution in [0.15, 0.2) is 36.5 Å². The Hall–Kier alpha value is -2.30. The van der Waals surface area contributed by atoms with Crippen LogP contribution in [0.3, 0.4) is 0 Å². The Kier molecular flexibility index (Phi) is 51.3. The zero-order valence-corrected chi connectivity index (χ0v) is 46.1. The summed E-state index contributed by atoms with van der Waals surface area (Å²) in [6, 6.07) is 0. The van der Waals surface area contributed by atoms with Gasteiger partial charge in [0.2, 0.25) is 0 Å². The van der Waals surface area contributed by atoms with E-state index in [9.17, 15) is 28.9 Å². The summed E-state index contributed by atoms with van der Waals surface area (Å²) in [6.45, 7) is 4.54. The Labute approximate surface area is 429 Å². The summed E-state index contributed by atoms with van der Waals surface area (Å²) in [5.41, 5.74) is 0. The average Bonchev–Trinajstić information content (AvgIpc) is 3.35. The molecule has 3 unspecified atom stereocenters. The van der Waals surface area contributed by atoms with Crippen molar-refractivity contribution in [1.29, 1.82) is 0 Å². The second kappa shape index (κ2) is 53.0. The third-order valence-corrected chi connectivity index (χ3v) is 13.5. The van der Waals surface area contributed by atoms with Crippen LogP contribution in [0.25, 0.3) is 0 Å². The third-order valence-electron chi connectivity index (χ3n) is 12.6. The molecule has 410 valence electrons. The summed E-state index contributed by atoms with van der Waals surface area (Å²) in [6.07, 6.45) is 53.9. The number of unbranched alkanes of at least 4 members (excludes halogenated alkanes) is 31. The van der Waals surface area contributed by atoms with Gasteiger partial charge in [0.25, 0.3) is 0 Å². The van der Waals surface area contributed by atoms with Crippen LogP contribution >= 0.6 is 7.82 Å². The van der Waals surface area contributed by atoms with E-state index in [0.29, 0.717) is 19.3 Å². The maximum absolute atomic E-state index is 12.9. The molecule has 0 saturated heterocycles. The number of carbonyl (C=O) groups excluding carboxylic acids is 3. The summed E-state index contributed by atoms with van der Waals surface area (Å²) in [5, 5.41) is 9.79. The van der Waals surface area contributed by atoms with Crippen molar-refractivity contribution in [3.05, 3.63) is 36.5 Å². The molecule has 0 aliphatic heterocycles. The zero-order valence-electron chi connectivity index (χ0n) is 45.2. The second-order valence-electron chi connectivity index (χ2n) is 19.4. The minimum absolute atomic E-state index is 0.145. The van der Waals surface area contributed by atoms with E-state index in [2.05, 4.69) is 57.2 Å². The number of aliphatic hydroxyl groups excluding tert-OH is 1. The lowest BCUT2D eigenvalue weighted by Gasteiger charge is -2.21. The number of carbonyl (C=O) groups is 3. The van der Waals surface area contributed by atoms with Gasteiger partial charge < -0.3 is 24.2 Å². The summed E-state index contributed by atoms with van der Waals surface area (Å²) < 4.78 is 39.5. The van der Waals surface area contributed by atoms with Gasteiger partial charge in [-0.2, -0.15) is 0 Å². The van der Waals surface area contributed by atoms with Gasteiger partial charge in [-0.05, 0) is 51.4 Å². The second-order valence-corrected chi connectivity index (χ2v) is 20.9. The maximum atomic E-state index is 12.9. The summed E-state index contributed by atoms with van der Waals surface area (Å²) >= 11 is 0. The van der Waals surface area contributed by atoms with Gasteiger partial charge in [-0.3, -0.25) is 23.4 Å². The predicted molar refractivity (Wildman–Crippen MR) is 289 cm³/mol. The van der Waals surface area contributed by atoms with Crippen LogP contribution in [0.5, 0.6) is 0 Å². The first-order chi connectivity index (χ1) is 34.2. The van der Waals surface area contributed by atoms with Crippen LogP contribution in [0.1, 0.15) is 278 Å². The summed E-state index contributed by atoms with van der Waals surface area (Å²) in [4.78, 5) is 48.5. The Morgan fingerprint density at radius 3 is 1.14 bits per heavy atom. The number of phosphoric acid groups is 1. The number of allylic oxidation sites excluding steroid dienone is 6. The van der Waals surface area contributed by atoms with E-state index in [1.54, 1.807) is 0 Å². The first-order valence-electron chi connectivity index (χ1n) is 28.9. The Balaban J connectivity index is 4.70. The lowest BCUT2D eigenvalue weighted by molar-refractivity contribution is -0.161. The molecule has 0 radical (unpaired) electrons. The lowest BCUT2D eigenvalue weighted by Crippen LogP contribution is -2.30. The van der Waals surface area contributed by atoms with Gasteiger partial charge in [-0.15, -0.1) is 0 Å². The monoisotopic (exact) mass is 1010 g/mol. The highest BCUT2D eigenvalue weighted by Gasteiger charge is 2.28. The van der Waals surface area contributed by atoms with E-state index in [0.717, 1.165) is 77.0 Å². The highest BCUT2D eigenvalue weighted by Crippen LogP contribution is 2.43. The summed E-state index contributed by atoms with van der Waals surface area (Å²) in [7, 11) is -4.75. The molecule has 0 aliphatic rings.